The normalized spacial score (nSPS) is 16.8. The van der Waals surface area contributed by atoms with Crippen molar-refractivity contribution in [2.45, 2.75) is 78.6 Å². The van der Waals surface area contributed by atoms with E-state index in [0.29, 0.717) is 0 Å². The lowest BCUT2D eigenvalue weighted by molar-refractivity contribution is -0.148. The van der Waals surface area contributed by atoms with Crippen LogP contribution in [0.15, 0.2) is 0 Å². The molecular weight excluding hydrogens is 386 g/mol. The van der Waals surface area contributed by atoms with E-state index in [0.717, 1.165) is 6.42 Å². The van der Waals surface area contributed by atoms with Crippen molar-refractivity contribution in [1.82, 2.24) is 15.1 Å². The van der Waals surface area contributed by atoms with Gasteiger partial charge in [0.05, 0.1) is 24.6 Å². The number of amides is 2. The van der Waals surface area contributed by atoms with E-state index in [4.69, 9.17) is 4.74 Å². The van der Waals surface area contributed by atoms with Crippen LogP contribution in [0.4, 0.5) is 0 Å². The molecule has 8 nitrogen and oxygen atoms in total. The van der Waals surface area contributed by atoms with E-state index in [1.54, 1.807) is 11.9 Å². The molecule has 0 radical (unpaired) electrons. The summed E-state index contributed by atoms with van der Waals surface area (Å²) in [6.45, 7) is 11.7. The number of hydrogen-bond donors (Lipinski definition) is 2. The molecule has 0 fully saturated rings. The van der Waals surface area contributed by atoms with Gasteiger partial charge >= 0.3 is 5.97 Å². The number of carbonyl (C=O) groups excluding carboxylic acids is 2. The lowest BCUT2D eigenvalue weighted by Gasteiger charge is -2.40. The Morgan fingerprint density at radius 1 is 1.00 bits per heavy atom. The molecular formula is C22H43N3O5. The lowest BCUT2D eigenvalue weighted by Crippen LogP contribution is -2.59. The molecule has 5 unspecified atom stereocenters. The number of carbonyl (C=O) groups is 3. The minimum atomic E-state index is -0.976. The molecule has 2 N–H and O–H groups in total. The highest BCUT2D eigenvalue weighted by Crippen LogP contribution is 2.23. The van der Waals surface area contributed by atoms with Crippen LogP contribution in [0.25, 0.3) is 0 Å². The Hall–Kier alpha value is -1.67. The molecule has 0 aromatic heterocycles. The summed E-state index contributed by atoms with van der Waals surface area (Å²) in [5.41, 5.74) is 0. The van der Waals surface area contributed by atoms with Crippen LogP contribution >= 0.6 is 0 Å². The SMILES string of the molecule is CCC(C)C(C(CC(=O)O)OC)N(C)C(=O)C(NC(=O)C(C(C)C)N(C)C)C(C)C. The highest BCUT2D eigenvalue weighted by atomic mass is 16.5. The van der Waals surface area contributed by atoms with Gasteiger partial charge in [0.25, 0.3) is 0 Å². The Morgan fingerprint density at radius 3 is 1.87 bits per heavy atom. The van der Waals surface area contributed by atoms with E-state index >= 15 is 0 Å². The Labute approximate surface area is 182 Å². The summed E-state index contributed by atoms with van der Waals surface area (Å²) in [4.78, 5) is 41.1. The standard InChI is InChI=1S/C22H43N3O5/c1-11-15(6)20(16(30-10)12-17(26)27)25(9)22(29)18(13(2)3)23-21(28)19(14(4)5)24(7)8/h13-16,18-20H,11-12H2,1-10H3,(H,23,28)(H,26,27). The number of ether oxygens (including phenoxy) is 1. The molecule has 176 valence electrons. The van der Waals surface area contributed by atoms with Crippen molar-refractivity contribution in [1.29, 1.82) is 0 Å². The summed E-state index contributed by atoms with van der Waals surface area (Å²) in [5, 5.41) is 12.2. The average molecular weight is 430 g/mol. The van der Waals surface area contributed by atoms with Gasteiger partial charge in [-0.15, -0.1) is 0 Å². The van der Waals surface area contributed by atoms with Gasteiger partial charge in [0, 0.05) is 14.2 Å². The first-order chi connectivity index (χ1) is 13.8. The molecule has 0 aromatic rings. The maximum Gasteiger partial charge on any atom is 0.306 e. The molecule has 0 rings (SSSR count). The van der Waals surface area contributed by atoms with E-state index in [1.807, 2.05) is 60.5 Å². The summed E-state index contributed by atoms with van der Waals surface area (Å²) in [6, 6.07) is -1.48. The Morgan fingerprint density at radius 2 is 1.53 bits per heavy atom. The minimum absolute atomic E-state index is 0.0250. The van der Waals surface area contributed by atoms with E-state index in [2.05, 4.69) is 5.32 Å². The van der Waals surface area contributed by atoms with Crippen LogP contribution in [0.3, 0.4) is 0 Å². The summed E-state index contributed by atoms with van der Waals surface area (Å²) < 4.78 is 5.47. The zero-order valence-corrected chi connectivity index (χ0v) is 20.4. The van der Waals surface area contributed by atoms with Crippen molar-refractivity contribution in [3.05, 3.63) is 0 Å². The van der Waals surface area contributed by atoms with Crippen molar-refractivity contribution in [2.24, 2.45) is 17.8 Å². The zero-order valence-electron chi connectivity index (χ0n) is 20.4. The molecule has 0 spiro atoms. The van der Waals surface area contributed by atoms with Gasteiger partial charge in [-0.05, 0) is 31.8 Å². The van der Waals surface area contributed by atoms with Crippen LogP contribution in [-0.2, 0) is 19.1 Å². The zero-order chi connectivity index (χ0) is 23.8. The number of carboxylic acids is 1. The molecule has 0 heterocycles. The number of methoxy groups -OCH3 is 1. The van der Waals surface area contributed by atoms with Crippen molar-refractivity contribution in [3.8, 4) is 0 Å². The van der Waals surface area contributed by atoms with Crippen LogP contribution in [-0.4, -0.2) is 85.2 Å². The largest absolute Gasteiger partial charge is 0.481 e. The molecule has 0 aliphatic rings. The van der Waals surface area contributed by atoms with Gasteiger partial charge in [-0.2, -0.15) is 0 Å². The molecule has 0 saturated heterocycles. The Balaban J connectivity index is 5.80. The highest BCUT2D eigenvalue weighted by Gasteiger charge is 2.38. The van der Waals surface area contributed by atoms with Crippen molar-refractivity contribution >= 4 is 17.8 Å². The van der Waals surface area contributed by atoms with Gasteiger partial charge in [-0.25, -0.2) is 0 Å². The molecule has 0 aliphatic carbocycles. The topological polar surface area (TPSA) is 99.2 Å². The first kappa shape index (κ1) is 28.3. The average Bonchev–Trinajstić information content (AvgIpc) is 2.63. The maximum atomic E-state index is 13.4. The van der Waals surface area contributed by atoms with Crippen molar-refractivity contribution in [3.63, 3.8) is 0 Å². The number of hydrogen-bond acceptors (Lipinski definition) is 5. The third-order valence-electron chi connectivity index (χ3n) is 5.77. The van der Waals surface area contributed by atoms with Crippen molar-refractivity contribution < 1.29 is 24.2 Å². The number of rotatable bonds is 13. The van der Waals surface area contributed by atoms with Crippen LogP contribution in [0.2, 0.25) is 0 Å². The Kier molecular flexibility index (Phi) is 12.2. The third kappa shape index (κ3) is 7.87. The predicted octanol–water partition coefficient (Wildman–Crippen LogP) is 2.08. The van der Waals surface area contributed by atoms with Crippen LogP contribution in [0, 0.1) is 17.8 Å². The second-order valence-corrected chi connectivity index (χ2v) is 9.08. The van der Waals surface area contributed by atoms with E-state index in [9.17, 15) is 19.5 Å². The third-order valence-corrected chi connectivity index (χ3v) is 5.77. The maximum absolute atomic E-state index is 13.4. The fourth-order valence-corrected chi connectivity index (χ4v) is 4.01. The van der Waals surface area contributed by atoms with Gasteiger partial charge in [0.2, 0.25) is 11.8 Å². The molecule has 30 heavy (non-hydrogen) atoms. The summed E-state index contributed by atoms with van der Waals surface area (Å²) in [6.07, 6.45) is -0.0749. The van der Waals surface area contributed by atoms with Crippen molar-refractivity contribution in [2.75, 3.05) is 28.3 Å². The van der Waals surface area contributed by atoms with Gasteiger partial charge in [0.15, 0.2) is 0 Å². The Bertz CT molecular complexity index is 557. The van der Waals surface area contributed by atoms with Gasteiger partial charge < -0.3 is 20.1 Å². The van der Waals surface area contributed by atoms with Gasteiger partial charge in [-0.1, -0.05) is 48.0 Å². The predicted molar refractivity (Wildman–Crippen MR) is 118 cm³/mol. The number of likely N-dealkylation sites (N-methyl/N-ethyl adjacent to an activating group) is 2. The number of carboxylic acid groups (broad SMARTS) is 1. The first-order valence-electron chi connectivity index (χ1n) is 10.8. The minimum Gasteiger partial charge on any atom is -0.481 e. The molecule has 0 aromatic carbocycles. The summed E-state index contributed by atoms with van der Waals surface area (Å²) in [7, 11) is 6.82. The van der Waals surface area contributed by atoms with Gasteiger partial charge in [0.1, 0.15) is 6.04 Å². The molecule has 0 aliphatic heterocycles. The fourth-order valence-electron chi connectivity index (χ4n) is 4.01. The number of nitrogens with one attached hydrogen (secondary N) is 1. The highest BCUT2D eigenvalue weighted by molar-refractivity contribution is 5.90. The van der Waals surface area contributed by atoms with Crippen LogP contribution in [0.1, 0.15) is 54.4 Å². The second-order valence-electron chi connectivity index (χ2n) is 9.08. The van der Waals surface area contributed by atoms with Crippen LogP contribution in [0.5, 0.6) is 0 Å². The monoisotopic (exact) mass is 429 g/mol. The quantitative estimate of drug-likeness (QED) is 0.465. The second kappa shape index (κ2) is 12.9. The molecule has 5 atom stereocenters. The molecule has 0 bridgehead atoms. The fraction of sp³-hybridized carbons (Fsp3) is 0.864. The summed E-state index contributed by atoms with van der Waals surface area (Å²) >= 11 is 0. The van der Waals surface area contributed by atoms with Gasteiger partial charge in [-0.3, -0.25) is 19.3 Å². The van der Waals surface area contributed by atoms with E-state index < -0.39 is 24.2 Å². The molecule has 0 saturated carbocycles. The lowest BCUT2D eigenvalue weighted by atomic mass is 9.90. The van der Waals surface area contributed by atoms with E-state index in [1.165, 1.54) is 7.11 Å². The summed E-state index contributed by atoms with van der Waals surface area (Å²) in [5.74, 6) is -1.42. The molecule has 2 amide bonds. The smallest absolute Gasteiger partial charge is 0.306 e. The van der Waals surface area contributed by atoms with Crippen LogP contribution < -0.4 is 5.32 Å². The number of aliphatic carboxylic acids is 1. The van der Waals surface area contributed by atoms with E-state index in [-0.39, 0.29) is 42.0 Å². The molecule has 8 heteroatoms. The first-order valence-corrected chi connectivity index (χ1v) is 10.8. The number of nitrogens with zero attached hydrogens (tertiary/aromatic N) is 2.